The molecule has 0 radical (unpaired) electrons. The second-order valence-corrected chi connectivity index (χ2v) is 4.01. The fourth-order valence-electron chi connectivity index (χ4n) is 2.48. The van der Waals surface area contributed by atoms with Crippen LogP contribution >= 0.6 is 0 Å². The fraction of sp³-hybridized carbons (Fsp3) is 0.700. The van der Waals surface area contributed by atoms with Crippen LogP contribution in [0.15, 0.2) is 12.7 Å². The predicted octanol–water partition coefficient (Wildman–Crippen LogP) is 1.90. The van der Waals surface area contributed by atoms with Crippen molar-refractivity contribution in [3.63, 3.8) is 0 Å². The van der Waals surface area contributed by atoms with Gasteiger partial charge in [0.15, 0.2) is 0 Å². The van der Waals surface area contributed by atoms with Gasteiger partial charge in [-0.25, -0.2) is 0 Å². The topological polar surface area (TPSA) is 26.3 Å². The van der Waals surface area contributed by atoms with E-state index in [9.17, 15) is 4.79 Å². The summed E-state index contributed by atoms with van der Waals surface area (Å²) >= 11 is 0. The van der Waals surface area contributed by atoms with Gasteiger partial charge < -0.3 is 4.74 Å². The van der Waals surface area contributed by atoms with Crippen molar-refractivity contribution in [2.75, 3.05) is 0 Å². The Morgan fingerprint density at radius 3 is 3.00 bits per heavy atom. The van der Waals surface area contributed by atoms with E-state index in [0.29, 0.717) is 0 Å². The van der Waals surface area contributed by atoms with E-state index in [2.05, 4.69) is 6.58 Å². The minimum Gasteiger partial charge on any atom is -0.461 e. The van der Waals surface area contributed by atoms with Crippen LogP contribution in [0.3, 0.4) is 0 Å². The number of fused-ring (bicyclic) bond motifs is 2. The van der Waals surface area contributed by atoms with Gasteiger partial charge in [-0.2, -0.15) is 0 Å². The van der Waals surface area contributed by atoms with E-state index in [4.69, 9.17) is 4.74 Å². The molecule has 0 aromatic heterocycles. The van der Waals surface area contributed by atoms with Crippen LogP contribution in [0.5, 0.6) is 0 Å². The van der Waals surface area contributed by atoms with Crippen LogP contribution < -0.4 is 0 Å². The molecule has 0 N–H and O–H groups in total. The van der Waals surface area contributed by atoms with E-state index in [1.54, 1.807) is 0 Å². The molecule has 0 spiro atoms. The molecule has 1 saturated carbocycles. The minimum atomic E-state index is -0.259. The maximum atomic E-state index is 11.5. The Labute approximate surface area is 72.6 Å². The molecule has 2 aliphatic rings. The SMILES string of the molecule is C=C[C@H]1[C@H]2CCC[C@]1(C)C(=O)O2. The van der Waals surface area contributed by atoms with Gasteiger partial charge in [0.05, 0.1) is 5.41 Å². The normalized spacial score (nSPS) is 45.6. The first-order chi connectivity index (χ1) is 5.68. The first-order valence-corrected chi connectivity index (χ1v) is 4.52. The van der Waals surface area contributed by atoms with E-state index in [-0.39, 0.29) is 23.4 Å². The summed E-state index contributed by atoms with van der Waals surface area (Å²) in [6, 6.07) is 0. The van der Waals surface area contributed by atoms with E-state index >= 15 is 0 Å². The minimum absolute atomic E-state index is 0.0186. The zero-order valence-corrected chi connectivity index (χ0v) is 7.38. The molecule has 3 atom stereocenters. The molecule has 2 heteroatoms. The summed E-state index contributed by atoms with van der Waals surface area (Å²) < 4.78 is 5.28. The van der Waals surface area contributed by atoms with E-state index < -0.39 is 0 Å². The van der Waals surface area contributed by atoms with Crippen molar-refractivity contribution in [1.29, 1.82) is 0 Å². The summed E-state index contributed by atoms with van der Waals surface area (Å²) in [7, 11) is 0. The van der Waals surface area contributed by atoms with Crippen LogP contribution in [0.1, 0.15) is 26.2 Å². The Bertz CT molecular complexity index is 234. The molecule has 1 saturated heterocycles. The molecule has 2 nitrogen and oxygen atoms in total. The maximum Gasteiger partial charge on any atom is 0.312 e. The average molecular weight is 166 g/mol. The van der Waals surface area contributed by atoms with Crippen molar-refractivity contribution >= 4 is 5.97 Å². The van der Waals surface area contributed by atoms with Crippen LogP contribution in [0.2, 0.25) is 0 Å². The average Bonchev–Trinajstić information content (AvgIpc) is 2.15. The number of hydrogen-bond donors (Lipinski definition) is 0. The Balaban J connectivity index is 2.36. The highest BCUT2D eigenvalue weighted by Crippen LogP contribution is 2.49. The summed E-state index contributed by atoms with van der Waals surface area (Å²) in [5, 5.41) is 0. The molecule has 1 aliphatic carbocycles. The van der Waals surface area contributed by atoms with Gasteiger partial charge in [-0.15, -0.1) is 6.58 Å². The standard InChI is InChI=1S/C10H14O2/c1-3-7-8-5-4-6-10(7,2)9(11)12-8/h3,7-8H,1,4-6H2,2H3/t7-,8+,10-/m0/s1. The molecule has 12 heavy (non-hydrogen) atoms. The number of carbonyl (C=O) groups excluding carboxylic acids is 1. The number of hydrogen-bond acceptors (Lipinski definition) is 2. The number of carbonyl (C=O) groups is 1. The second-order valence-electron chi connectivity index (χ2n) is 4.01. The van der Waals surface area contributed by atoms with Gasteiger partial charge in [0, 0.05) is 5.92 Å². The third-order valence-corrected chi connectivity index (χ3v) is 3.30. The van der Waals surface area contributed by atoms with Crippen molar-refractivity contribution < 1.29 is 9.53 Å². The summed E-state index contributed by atoms with van der Waals surface area (Å²) in [6.45, 7) is 5.77. The molecule has 2 rings (SSSR count). The zero-order chi connectivity index (χ0) is 8.77. The monoisotopic (exact) mass is 166 g/mol. The highest BCUT2D eigenvalue weighted by atomic mass is 16.6. The van der Waals surface area contributed by atoms with Gasteiger partial charge in [-0.1, -0.05) is 6.08 Å². The highest BCUT2D eigenvalue weighted by Gasteiger charge is 2.54. The lowest BCUT2D eigenvalue weighted by Crippen LogP contribution is -2.33. The van der Waals surface area contributed by atoms with Gasteiger partial charge in [0.1, 0.15) is 6.10 Å². The smallest absolute Gasteiger partial charge is 0.312 e. The molecule has 0 amide bonds. The van der Waals surface area contributed by atoms with E-state index in [1.807, 2.05) is 13.0 Å². The van der Waals surface area contributed by atoms with Gasteiger partial charge in [-0.3, -0.25) is 4.79 Å². The lowest BCUT2D eigenvalue weighted by atomic mass is 9.68. The molecular weight excluding hydrogens is 152 g/mol. The maximum absolute atomic E-state index is 11.5. The van der Waals surface area contributed by atoms with E-state index in [1.165, 1.54) is 0 Å². The summed E-state index contributed by atoms with van der Waals surface area (Å²) in [6.07, 6.45) is 5.08. The Morgan fingerprint density at radius 1 is 1.75 bits per heavy atom. The number of esters is 1. The molecule has 0 unspecified atom stereocenters. The summed E-state index contributed by atoms with van der Waals surface area (Å²) in [5.41, 5.74) is -0.259. The molecule has 0 aromatic rings. The van der Waals surface area contributed by atoms with Crippen LogP contribution in [0.4, 0.5) is 0 Å². The zero-order valence-electron chi connectivity index (χ0n) is 7.38. The quantitative estimate of drug-likeness (QED) is 0.439. The third kappa shape index (κ3) is 0.780. The van der Waals surface area contributed by atoms with Gasteiger partial charge in [0.25, 0.3) is 0 Å². The fourth-order valence-corrected chi connectivity index (χ4v) is 2.48. The van der Waals surface area contributed by atoms with Crippen molar-refractivity contribution in [3.8, 4) is 0 Å². The molecule has 2 bridgehead atoms. The van der Waals surface area contributed by atoms with Crippen LogP contribution in [0.25, 0.3) is 0 Å². The third-order valence-electron chi connectivity index (χ3n) is 3.30. The largest absolute Gasteiger partial charge is 0.461 e. The Hall–Kier alpha value is -0.790. The lowest BCUT2D eigenvalue weighted by Gasteiger charge is -2.30. The molecule has 0 aromatic carbocycles. The number of rotatable bonds is 1. The van der Waals surface area contributed by atoms with Crippen LogP contribution in [0, 0.1) is 11.3 Å². The van der Waals surface area contributed by atoms with Gasteiger partial charge in [-0.05, 0) is 26.2 Å². The molecule has 1 heterocycles. The second kappa shape index (κ2) is 2.35. The first kappa shape index (κ1) is 7.84. The van der Waals surface area contributed by atoms with Crippen molar-refractivity contribution in [2.24, 2.45) is 11.3 Å². The predicted molar refractivity (Wildman–Crippen MR) is 45.5 cm³/mol. The Kier molecular flexibility index (Phi) is 1.53. The van der Waals surface area contributed by atoms with Crippen molar-refractivity contribution in [3.05, 3.63) is 12.7 Å². The Morgan fingerprint density at radius 2 is 2.50 bits per heavy atom. The van der Waals surface area contributed by atoms with Gasteiger partial charge in [0.2, 0.25) is 0 Å². The highest BCUT2D eigenvalue weighted by molar-refractivity contribution is 5.80. The van der Waals surface area contributed by atoms with Crippen molar-refractivity contribution in [1.82, 2.24) is 0 Å². The molecular formula is C10H14O2. The van der Waals surface area contributed by atoms with Crippen molar-refractivity contribution in [2.45, 2.75) is 32.3 Å². The number of ether oxygens (including phenoxy) is 1. The van der Waals surface area contributed by atoms with Crippen LogP contribution in [-0.2, 0) is 9.53 Å². The summed E-state index contributed by atoms with van der Waals surface area (Å²) in [5.74, 6) is 0.230. The molecule has 2 fully saturated rings. The molecule has 1 aliphatic heterocycles. The first-order valence-electron chi connectivity index (χ1n) is 4.52. The van der Waals surface area contributed by atoms with Crippen LogP contribution in [-0.4, -0.2) is 12.1 Å². The van der Waals surface area contributed by atoms with Gasteiger partial charge >= 0.3 is 5.97 Å². The summed E-state index contributed by atoms with van der Waals surface area (Å²) in [4.78, 5) is 11.5. The molecule has 66 valence electrons. The lowest BCUT2D eigenvalue weighted by molar-refractivity contribution is -0.147. The van der Waals surface area contributed by atoms with E-state index in [0.717, 1.165) is 19.3 Å².